The van der Waals surface area contributed by atoms with Gasteiger partial charge in [-0.25, -0.2) is 9.18 Å². The number of piperazine rings is 1. The number of likely N-dealkylation sites (N-methyl/N-ethyl adjacent to an activating group) is 1. The van der Waals surface area contributed by atoms with Gasteiger partial charge in [-0.1, -0.05) is 30.3 Å². The maximum absolute atomic E-state index is 14.4. The van der Waals surface area contributed by atoms with Gasteiger partial charge in [-0.15, -0.1) is 0 Å². The number of H-pyrrole nitrogens is 1. The summed E-state index contributed by atoms with van der Waals surface area (Å²) in [5.41, 5.74) is 1.80. The average Bonchev–Trinajstić information content (AvgIpc) is 2.80. The summed E-state index contributed by atoms with van der Waals surface area (Å²) in [6.07, 6.45) is -4.25. The molecule has 1 aromatic heterocycles. The van der Waals surface area contributed by atoms with Gasteiger partial charge in [0.25, 0.3) is 5.91 Å². The molecule has 2 N–H and O–H groups in total. The van der Waals surface area contributed by atoms with E-state index < -0.39 is 23.5 Å². The standard InChI is InChI=1S/C23H24FN3O2.C2HF3O2/c1-15-10-18-19(13-21(28)25-22(18)20(24)11-15)23(29)27-9-8-26(2)17(14-27)12-16-6-4-3-5-7-16;3-2(4,5)1(6)7/h3-7,10-11,13,17H,8-9,12,14H2,1-2H3,(H,25,28);(H,6,7). The van der Waals surface area contributed by atoms with Crippen LogP contribution in [0.5, 0.6) is 0 Å². The van der Waals surface area contributed by atoms with Gasteiger partial charge in [-0.3, -0.25) is 14.5 Å². The van der Waals surface area contributed by atoms with E-state index in [4.69, 9.17) is 9.90 Å². The summed E-state index contributed by atoms with van der Waals surface area (Å²) in [5, 5.41) is 7.57. The molecule has 0 bridgehead atoms. The zero-order valence-electron chi connectivity index (χ0n) is 19.6. The second-order valence-electron chi connectivity index (χ2n) is 8.59. The van der Waals surface area contributed by atoms with Crippen molar-refractivity contribution in [2.45, 2.75) is 25.6 Å². The molecular weight excluding hydrogens is 482 g/mol. The summed E-state index contributed by atoms with van der Waals surface area (Å²) in [7, 11) is 2.07. The van der Waals surface area contributed by atoms with Crippen molar-refractivity contribution in [2.24, 2.45) is 0 Å². The molecule has 1 fully saturated rings. The second kappa shape index (κ2) is 10.9. The van der Waals surface area contributed by atoms with Gasteiger partial charge < -0.3 is 15.0 Å². The molecule has 11 heteroatoms. The van der Waals surface area contributed by atoms with Crippen molar-refractivity contribution in [3.8, 4) is 0 Å². The summed E-state index contributed by atoms with van der Waals surface area (Å²) >= 11 is 0. The number of carboxylic acids is 1. The molecule has 1 saturated heterocycles. The normalized spacial score (nSPS) is 16.4. The van der Waals surface area contributed by atoms with Gasteiger partial charge in [0.1, 0.15) is 5.82 Å². The van der Waals surface area contributed by atoms with Crippen LogP contribution in [0.3, 0.4) is 0 Å². The van der Waals surface area contributed by atoms with E-state index in [1.165, 1.54) is 17.7 Å². The fourth-order valence-corrected chi connectivity index (χ4v) is 4.03. The zero-order valence-corrected chi connectivity index (χ0v) is 19.6. The highest BCUT2D eigenvalue weighted by Gasteiger charge is 2.38. The number of aryl methyl sites for hydroxylation is 1. The molecule has 3 aromatic rings. The Labute approximate surface area is 203 Å². The number of carbonyl (C=O) groups excluding carboxylic acids is 1. The third-order valence-electron chi connectivity index (χ3n) is 5.90. The number of aromatic nitrogens is 1. The lowest BCUT2D eigenvalue weighted by Gasteiger charge is -2.39. The van der Waals surface area contributed by atoms with E-state index in [0.717, 1.165) is 13.0 Å². The van der Waals surface area contributed by atoms with Crippen LogP contribution in [0.4, 0.5) is 17.6 Å². The molecule has 0 saturated carbocycles. The fourth-order valence-electron chi connectivity index (χ4n) is 4.03. The lowest BCUT2D eigenvalue weighted by atomic mass is 10.0. The van der Waals surface area contributed by atoms with Crippen LogP contribution >= 0.6 is 0 Å². The molecule has 2 aromatic carbocycles. The highest BCUT2D eigenvalue weighted by Crippen LogP contribution is 2.23. The first-order valence-corrected chi connectivity index (χ1v) is 11.0. The molecule has 192 valence electrons. The van der Waals surface area contributed by atoms with Gasteiger partial charge >= 0.3 is 12.1 Å². The number of benzene rings is 2. The van der Waals surface area contributed by atoms with Crippen molar-refractivity contribution in [2.75, 3.05) is 26.7 Å². The van der Waals surface area contributed by atoms with Crippen molar-refractivity contribution < 1.29 is 32.3 Å². The number of amides is 1. The number of carbonyl (C=O) groups is 2. The SMILES string of the molecule is Cc1cc(F)c2[nH]c(=O)cc(C(=O)N3CCN(C)C(Cc4ccccc4)C3)c2c1.O=C(O)C(F)(F)F. The average molecular weight is 507 g/mol. The predicted octanol–water partition coefficient (Wildman–Crippen LogP) is 3.61. The van der Waals surface area contributed by atoms with Crippen molar-refractivity contribution >= 4 is 22.8 Å². The van der Waals surface area contributed by atoms with E-state index in [1.807, 2.05) is 18.2 Å². The molecule has 2 heterocycles. The highest BCUT2D eigenvalue weighted by molar-refractivity contribution is 6.06. The predicted molar refractivity (Wildman–Crippen MR) is 125 cm³/mol. The lowest BCUT2D eigenvalue weighted by molar-refractivity contribution is -0.192. The minimum atomic E-state index is -5.08. The number of nitrogens with one attached hydrogen (secondary N) is 1. The van der Waals surface area contributed by atoms with Crippen LogP contribution in [0.25, 0.3) is 10.9 Å². The van der Waals surface area contributed by atoms with Crippen LogP contribution in [0.2, 0.25) is 0 Å². The molecule has 36 heavy (non-hydrogen) atoms. The maximum atomic E-state index is 14.4. The smallest absolute Gasteiger partial charge is 0.475 e. The molecule has 1 amide bonds. The first-order valence-electron chi connectivity index (χ1n) is 11.0. The van der Waals surface area contributed by atoms with Gasteiger partial charge in [0, 0.05) is 37.1 Å². The number of alkyl halides is 3. The second-order valence-corrected chi connectivity index (χ2v) is 8.59. The molecule has 1 aliphatic heterocycles. The molecular formula is C25H25F4N3O4. The number of carboxylic acid groups (broad SMARTS) is 1. The summed E-state index contributed by atoms with van der Waals surface area (Å²) in [5.74, 6) is -3.50. The van der Waals surface area contributed by atoms with Crippen LogP contribution in [0, 0.1) is 12.7 Å². The summed E-state index contributed by atoms with van der Waals surface area (Å²) in [4.78, 5) is 40.9. The van der Waals surface area contributed by atoms with Crippen LogP contribution in [-0.2, 0) is 11.2 Å². The molecule has 1 aliphatic rings. The first kappa shape index (κ1) is 26.9. The number of hydrogen-bond donors (Lipinski definition) is 2. The minimum Gasteiger partial charge on any atom is -0.475 e. The molecule has 0 spiro atoms. The zero-order chi connectivity index (χ0) is 26.6. The Morgan fingerprint density at radius 3 is 2.36 bits per heavy atom. The first-order chi connectivity index (χ1) is 16.9. The molecule has 4 rings (SSSR count). The Morgan fingerprint density at radius 2 is 1.75 bits per heavy atom. The number of halogens is 4. The molecule has 0 aliphatic carbocycles. The fraction of sp³-hybridized carbons (Fsp3) is 0.320. The van der Waals surface area contributed by atoms with Crippen LogP contribution < -0.4 is 5.56 Å². The van der Waals surface area contributed by atoms with E-state index in [9.17, 15) is 27.2 Å². The Kier molecular flexibility index (Phi) is 8.13. The number of aliphatic carboxylic acids is 1. The Morgan fingerprint density at radius 1 is 1.11 bits per heavy atom. The largest absolute Gasteiger partial charge is 0.490 e. The van der Waals surface area contributed by atoms with Crippen LogP contribution in [-0.4, -0.2) is 70.7 Å². The number of hydrogen-bond acceptors (Lipinski definition) is 4. The summed E-state index contributed by atoms with van der Waals surface area (Å²) < 4.78 is 46.1. The maximum Gasteiger partial charge on any atom is 0.490 e. The lowest BCUT2D eigenvalue weighted by Crippen LogP contribution is -2.54. The van der Waals surface area contributed by atoms with Crippen molar-refractivity contribution in [3.05, 3.63) is 81.4 Å². The Hall–Kier alpha value is -3.73. The van der Waals surface area contributed by atoms with E-state index >= 15 is 0 Å². The summed E-state index contributed by atoms with van der Waals surface area (Å²) in [6.45, 7) is 3.65. The molecule has 0 radical (unpaired) electrons. The van der Waals surface area contributed by atoms with E-state index in [1.54, 1.807) is 17.9 Å². The van der Waals surface area contributed by atoms with Gasteiger partial charge in [0.2, 0.25) is 5.56 Å². The number of pyridine rings is 1. The van der Waals surface area contributed by atoms with E-state index in [2.05, 4.69) is 29.1 Å². The third-order valence-corrected chi connectivity index (χ3v) is 5.90. The van der Waals surface area contributed by atoms with Crippen molar-refractivity contribution in [3.63, 3.8) is 0 Å². The van der Waals surface area contributed by atoms with E-state index in [0.29, 0.717) is 24.0 Å². The van der Waals surface area contributed by atoms with Crippen LogP contribution in [0.1, 0.15) is 21.5 Å². The number of aromatic amines is 1. The number of nitrogens with zero attached hydrogens (tertiary/aromatic N) is 2. The molecule has 7 nitrogen and oxygen atoms in total. The Balaban J connectivity index is 0.000000454. The van der Waals surface area contributed by atoms with Gasteiger partial charge in [0.15, 0.2) is 0 Å². The van der Waals surface area contributed by atoms with Crippen molar-refractivity contribution in [1.82, 2.24) is 14.8 Å². The van der Waals surface area contributed by atoms with Crippen molar-refractivity contribution in [1.29, 1.82) is 0 Å². The van der Waals surface area contributed by atoms with Gasteiger partial charge in [-0.2, -0.15) is 13.2 Å². The van der Waals surface area contributed by atoms with E-state index in [-0.39, 0.29) is 23.0 Å². The van der Waals surface area contributed by atoms with Gasteiger partial charge in [0.05, 0.1) is 11.1 Å². The minimum absolute atomic E-state index is 0.0846. The molecule has 1 atom stereocenters. The quantitative estimate of drug-likeness (QED) is 0.529. The van der Waals surface area contributed by atoms with Crippen LogP contribution in [0.15, 0.2) is 53.3 Å². The Bertz CT molecular complexity index is 1310. The number of rotatable bonds is 3. The third kappa shape index (κ3) is 6.48. The topological polar surface area (TPSA) is 93.7 Å². The summed E-state index contributed by atoms with van der Waals surface area (Å²) in [6, 6.07) is 14.8. The molecule has 1 unspecified atom stereocenters. The van der Waals surface area contributed by atoms with Gasteiger partial charge in [-0.05, 0) is 43.7 Å². The number of fused-ring (bicyclic) bond motifs is 1. The monoisotopic (exact) mass is 507 g/mol. The highest BCUT2D eigenvalue weighted by atomic mass is 19.4.